The number of ether oxygens (including phenoxy) is 1. The van der Waals surface area contributed by atoms with Crippen LogP contribution in [0, 0.1) is 12.8 Å². The molecule has 1 amide bonds. The van der Waals surface area contributed by atoms with E-state index in [0.717, 1.165) is 36.2 Å². The Kier molecular flexibility index (Phi) is 6.87. The van der Waals surface area contributed by atoms with Crippen molar-refractivity contribution < 1.29 is 18.9 Å². The number of carbonyl (C=O) groups excluding carboxylic acids is 2. The molecule has 0 spiro atoms. The molecule has 2 aromatic carbocycles. The Morgan fingerprint density at radius 2 is 1.65 bits per heavy atom. The van der Waals surface area contributed by atoms with E-state index in [0.29, 0.717) is 0 Å². The van der Waals surface area contributed by atoms with Gasteiger partial charge in [0.15, 0.2) is 6.54 Å². The van der Waals surface area contributed by atoms with Crippen LogP contribution in [0.25, 0.3) is 0 Å². The second-order valence-corrected chi connectivity index (χ2v) is 9.49. The van der Waals surface area contributed by atoms with E-state index in [1.807, 2.05) is 98.4 Å². The molecule has 6 heteroatoms. The average molecular weight is 461 g/mol. The van der Waals surface area contributed by atoms with E-state index < -0.39 is 5.41 Å². The van der Waals surface area contributed by atoms with Crippen molar-refractivity contribution >= 4 is 11.9 Å². The number of benzene rings is 2. The summed E-state index contributed by atoms with van der Waals surface area (Å²) in [5, 5.41) is 0. The fraction of sp³-hybridized carbons (Fsp3) is 0.393. The fourth-order valence-corrected chi connectivity index (χ4v) is 5.64. The minimum atomic E-state index is -0.893. The maximum Gasteiger partial charge on any atom is 0.348 e. The molecule has 34 heavy (non-hydrogen) atoms. The molecule has 3 aromatic rings. The molecule has 178 valence electrons. The van der Waals surface area contributed by atoms with E-state index in [-0.39, 0.29) is 36.5 Å². The molecule has 6 nitrogen and oxygen atoms in total. The number of carbonyl (C=O) groups is 2. The lowest BCUT2D eigenvalue weighted by molar-refractivity contribution is -0.691. The molecule has 1 saturated carbocycles. The van der Waals surface area contributed by atoms with Gasteiger partial charge in [0.2, 0.25) is 5.91 Å². The van der Waals surface area contributed by atoms with Crippen molar-refractivity contribution in [2.24, 2.45) is 11.7 Å². The van der Waals surface area contributed by atoms with Crippen LogP contribution in [0.3, 0.4) is 0 Å². The van der Waals surface area contributed by atoms with Crippen molar-refractivity contribution in [3.8, 4) is 0 Å². The van der Waals surface area contributed by atoms with E-state index in [9.17, 15) is 9.59 Å². The summed E-state index contributed by atoms with van der Waals surface area (Å²) in [6, 6.07) is 20.1. The lowest BCUT2D eigenvalue weighted by atomic mass is 9.64. The highest BCUT2D eigenvalue weighted by atomic mass is 16.5. The first-order valence-electron chi connectivity index (χ1n) is 12.0. The minimum Gasteiger partial charge on any atom is -0.460 e. The Labute approximate surface area is 201 Å². The van der Waals surface area contributed by atoms with Gasteiger partial charge in [0.05, 0.1) is 6.10 Å². The SMILES string of the molecule is Cc1n(C2CCC(C(C(N)=O)(c3ccccc3)c3ccccc3)C2)cc[n+]1CC(=O)OC(C)C. The molecule has 1 aromatic heterocycles. The standard InChI is InChI=1S/C28H33N3O3/c1-20(2)34-26(32)19-30-16-17-31(21(30)3)25-15-14-24(18-25)28(27(29)33,22-10-6-4-7-11-22)23-12-8-5-9-13-23/h4-13,16-17,20,24-25H,14-15,18-19H2,1-3H3,(H-,29,33)/p+1. The molecule has 0 saturated heterocycles. The Hall–Kier alpha value is -3.41. The van der Waals surface area contributed by atoms with Crippen LogP contribution in [0.2, 0.25) is 0 Å². The van der Waals surface area contributed by atoms with Crippen LogP contribution in [0.15, 0.2) is 73.1 Å². The zero-order chi connectivity index (χ0) is 24.3. The van der Waals surface area contributed by atoms with Crippen molar-refractivity contribution in [2.75, 3.05) is 0 Å². The van der Waals surface area contributed by atoms with Gasteiger partial charge in [-0.2, -0.15) is 0 Å². The quantitative estimate of drug-likeness (QED) is 0.410. The van der Waals surface area contributed by atoms with Crippen LogP contribution in [0.5, 0.6) is 0 Å². The summed E-state index contributed by atoms with van der Waals surface area (Å²) in [6.07, 6.45) is 6.46. The van der Waals surface area contributed by atoms with Crippen molar-refractivity contribution in [3.63, 3.8) is 0 Å². The summed E-state index contributed by atoms with van der Waals surface area (Å²) < 4.78 is 9.46. The molecule has 0 aliphatic heterocycles. The summed E-state index contributed by atoms with van der Waals surface area (Å²) in [6.45, 7) is 5.91. The molecular formula is C28H34N3O3+. The van der Waals surface area contributed by atoms with Crippen LogP contribution < -0.4 is 10.3 Å². The second-order valence-electron chi connectivity index (χ2n) is 9.49. The Morgan fingerprint density at radius 1 is 1.06 bits per heavy atom. The zero-order valence-corrected chi connectivity index (χ0v) is 20.2. The predicted molar refractivity (Wildman–Crippen MR) is 130 cm³/mol. The lowest BCUT2D eigenvalue weighted by Crippen LogP contribution is -2.47. The van der Waals surface area contributed by atoms with Crippen molar-refractivity contribution in [2.45, 2.75) is 64.1 Å². The number of nitrogens with zero attached hydrogens (tertiary/aromatic N) is 2. The third-order valence-electron chi connectivity index (χ3n) is 7.12. The van der Waals surface area contributed by atoms with Gasteiger partial charge in [-0.05, 0) is 50.2 Å². The van der Waals surface area contributed by atoms with Gasteiger partial charge < -0.3 is 10.5 Å². The first-order valence-corrected chi connectivity index (χ1v) is 12.0. The predicted octanol–water partition coefficient (Wildman–Crippen LogP) is 3.85. The van der Waals surface area contributed by atoms with Crippen molar-refractivity contribution in [1.29, 1.82) is 0 Å². The second kappa shape index (κ2) is 9.84. The van der Waals surface area contributed by atoms with Gasteiger partial charge in [-0.25, -0.2) is 13.9 Å². The number of nitrogens with two attached hydrogens (primary N) is 1. The molecule has 2 atom stereocenters. The number of imidazole rings is 1. The van der Waals surface area contributed by atoms with E-state index >= 15 is 0 Å². The summed E-state index contributed by atoms with van der Waals surface area (Å²) in [5.74, 6) is 0.494. The maximum absolute atomic E-state index is 13.3. The fourth-order valence-electron chi connectivity index (χ4n) is 5.64. The van der Waals surface area contributed by atoms with Gasteiger partial charge in [0, 0.05) is 6.92 Å². The van der Waals surface area contributed by atoms with E-state index in [1.54, 1.807) is 0 Å². The largest absolute Gasteiger partial charge is 0.460 e. The molecule has 2 N–H and O–H groups in total. The summed E-state index contributed by atoms with van der Waals surface area (Å²) in [4.78, 5) is 25.5. The number of amides is 1. The Bertz CT molecular complexity index is 1100. The van der Waals surface area contributed by atoms with Gasteiger partial charge in [-0.15, -0.1) is 0 Å². The third kappa shape index (κ3) is 4.37. The smallest absolute Gasteiger partial charge is 0.348 e. The van der Waals surface area contributed by atoms with Gasteiger partial charge in [-0.1, -0.05) is 60.7 Å². The van der Waals surface area contributed by atoms with Gasteiger partial charge >= 0.3 is 5.97 Å². The molecule has 0 radical (unpaired) electrons. The summed E-state index contributed by atoms with van der Waals surface area (Å²) in [7, 11) is 0. The molecule has 2 unspecified atom stereocenters. The number of hydrogen-bond acceptors (Lipinski definition) is 3. The van der Waals surface area contributed by atoms with Crippen molar-refractivity contribution in [1.82, 2.24) is 4.57 Å². The molecular weight excluding hydrogens is 426 g/mol. The topological polar surface area (TPSA) is 78.2 Å². The van der Waals surface area contributed by atoms with Crippen molar-refractivity contribution in [3.05, 3.63) is 90.0 Å². The van der Waals surface area contributed by atoms with Crippen LogP contribution in [-0.4, -0.2) is 22.5 Å². The van der Waals surface area contributed by atoms with E-state index in [4.69, 9.17) is 10.5 Å². The maximum atomic E-state index is 13.3. The molecule has 1 aliphatic rings. The first kappa shape index (κ1) is 23.7. The third-order valence-corrected chi connectivity index (χ3v) is 7.12. The molecule has 1 fully saturated rings. The highest BCUT2D eigenvalue weighted by Gasteiger charge is 2.51. The van der Waals surface area contributed by atoms with E-state index in [2.05, 4.69) is 4.57 Å². The number of primary amides is 1. The lowest BCUT2D eigenvalue weighted by Gasteiger charge is -2.37. The van der Waals surface area contributed by atoms with Gasteiger partial charge in [-0.3, -0.25) is 4.79 Å². The number of rotatable bonds is 8. The summed E-state index contributed by atoms with van der Waals surface area (Å²) in [5.41, 5.74) is 7.21. The molecule has 4 rings (SSSR count). The molecule has 0 bridgehead atoms. The monoisotopic (exact) mass is 460 g/mol. The minimum absolute atomic E-state index is 0.0564. The summed E-state index contributed by atoms with van der Waals surface area (Å²) >= 11 is 0. The van der Waals surface area contributed by atoms with Crippen LogP contribution >= 0.6 is 0 Å². The zero-order valence-electron chi connectivity index (χ0n) is 20.2. The van der Waals surface area contributed by atoms with Gasteiger partial charge in [0.25, 0.3) is 5.82 Å². The molecule has 1 heterocycles. The van der Waals surface area contributed by atoms with E-state index in [1.165, 1.54) is 0 Å². The number of esters is 1. The highest BCUT2D eigenvalue weighted by Crippen LogP contribution is 2.49. The molecule has 1 aliphatic carbocycles. The first-order chi connectivity index (χ1) is 16.3. The average Bonchev–Trinajstić information content (AvgIpc) is 3.42. The highest BCUT2D eigenvalue weighted by molar-refractivity contribution is 5.91. The van der Waals surface area contributed by atoms with Crippen LogP contribution in [0.4, 0.5) is 0 Å². The van der Waals surface area contributed by atoms with Crippen LogP contribution in [-0.2, 0) is 26.3 Å². The Balaban J connectivity index is 1.65. The number of aromatic nitrogens is 2. The van der Waals surface area contributed by atoms with Crippen LogP contribution in [0.1, 0.15) is 56.1 Å². The van der Waals surface area contributed by atoms with Gasteiger partial charge in [0.1, 0.15) is 23.9 Å². The Morgan fingerprint density at radius 3 is 2.18 bits per heavy atom. The normalized spacial score (nSPS) is 18.2. The number of hydrogen-bond donors (Lipinski definition) is 1.